The van der Waals surface area contributed by atoms with Crippen LogP contribution in [0.15, 0.2) is 54.6 Å². The number of fused-ring (bicyclic) bond motifs is 1. The lowest BCUT2D eigenvalue weighted by Crippen LogP contribution is -2.33. The predicted octanol–water partition coefficient (Wildman–Crippen LogP) is 2.42. The summed E-state index contributed by atoms with van der Waals surface area (Å²) in [5, 5.41) is 0. The van der Waals surface area contributed by atoms with E-state index >= 15 is 0 Å². The summed E-state index contributed by atoms with van der Waals surface area (Å²) in [5.74, 6) is 0. The highest BCUT2D eigenvalue weighted by Gasteiger charge is 2.41. The Labute approximate surface area is 110 Å². The van der Waals surface area contributed by atoms with Gasteiger partial charge in [0.2, 0.25) is 0 Å². The summed E-state index contributed by atoms with van der Waals surface area (Å²) >= 11 is 0. The van der Waals surface area contributed by atoms with Gasteiger partial charge in [-0.15, -0.1) is 0 Å². The van der Waals surface area contributed by atoms with Crippen molar-refractivity contribution >= 4 is 23.4 Å². The van der Waals surface area contributed by atoms with Gasteiger partial charge >= 0.3 is 5.71 Å². The largest absolute Gasteiger partial charge is 0.361 e. The minimum absolute atomic E-state index is 0.384. The van der Waals surface area contributed by atoms with E-state index in [-0.39, 0.29) is 0 Å². The first-order valence-electron chi connectivity index (χ1n) is 5.97. The van der Waals surface area contributed by atoms with E-state index in [1.807, 2.05) is 59.5 Å². The third-order valence-electron chi connectivity index (χ3n) is 3.27. The number of benzene rings is 2. The molecule has 1 aliphatic rings. The molecule has 3 rings (SSSR count). The molecule has 0 fully saturated rings. The lowest BCUT2D eigenvalue weighted by Gasteiger charge is -2.21. The van der Waals surface area contributed by atoms with Gasteiger partial charge in [0.05, 0.1) is 11.3 Å². The summed E-state index contributed by atoms with van der Waals surface area (Å²) in [6.45, 7) is 0. The molecule has 0 aromatic heterocycles. The Morgan fingerprint density at radius 3 is 2.42 bits per heavy atom. The van der Waals surface area contributed by atoms with Crippen LogP contribution in [-0.4, -0.2) is 22.8 Å². The number of carbonyl (C=O) groups is 1. The van der Waals surface area contributed by atoms with E-state index < -0.39 is 6.04 Å². The highest BCUT2D eigenvalue weighted by atomic mass is 16.1. The van der Waals surface area contributed by atoms with E-state index in [1.165, 1.54) is 0 Å². The molecule has 0 N–H and O–H groups in total. The fourth-order valence-electron chi connectivity index (χ4n) is 2.46. The van der Waals surface area contributed by atoms with Crippen LogP contribution in [0.5, 0.6) is 0 Å². The van der Waals surface area contributed by atoms with E-state index in [0.717, 1.165) is 23.2 Å². The first-order chi connectivity index (χ1) is 9.36. The molecule has 0 saturated heterocycles. The maximum absolute atomic E-state index is 11.4. The van der Waals surface area contributed by atoms with Crippen molar-refractivity contribution in [2.45, 2.75) is 6.04 Å². The molecule has 0 aliphatic carbocycles. The van der Waals surface area contributed by atoms with Crippen LogP contribution in [0.25, 0.3) is 5.53 Å². The van der Waals surface area contributed by atoms with Crippen molar-refractivity contribution in [1.29, 1.82) is 0 Å². The second kappa shape index (κ2) is 4.52. The fraction of sp³-hybridized carbons (Fsp3) is 0.0667. The highest BCUT2D eigenvalue weighted by molar-refractivity contribution is 6.19. The Bertz CT molecular complexity index is 675. The van der Waals surface area contributed by atoms with Crippen LogP contribution >= 0.6 is 0 Å². The molecular formula is C15H11N3O. The molecular weight excluding hydrogens is 238 g/mol. The Kier molecular flexibility index (Phi) is 2.71. The maximum atomic E-state index is 11.4. The average Bonchev–Trinajstić information content (AvgIpc) is 2.81. The lowest BCUT2D eigenvalue weighted by molar-refractivity contribution is -0.108. The molecule has 1 atom stereocenters. The summed E-state index contributed by atoms with van der Waals surface area (Å²) in [6, 6.07) is 16.5. The number of anilines is 2. The molecule has 2 aromatic carbocycles. The zero-order valence-corrected chi connectivity index (χ0v) is 10.1. The standard InChI is InChI=1S/C15H11N3O/c16-17-15-12-8-4-5-9-13(12)18(14(15)10-19)11-6-2-1-3-7-11/h1-10,14H. The molecule has 92 valence electrons. The van der Waals surface area contributed by atoms with E-state index in [0.29, 0.717) is 5.71 Å². The van der Waals surface area contributed by atoms with Crippen LogP contribution in [0.2, 0.25) is 0 Å². The number of nitrogens with zero attached hydrogens (tertiary/aromatic N) is 3. The molecule has 4 nitrogen and oxygen atoms in total. The van der Waals surface area contributed by atoms with Gasteiger partial charge < -0.3 is 15.2 Å². The minimum Gasteiger partial charge on any atom is -0.361 e. The molecule has 1 heterocycles. The summed E-state index contributed by atoms with van der Waals surface area (Å²) in [6.07, 6.45) is 0.794. The van der Waals surface area contributed by atoms with Gasteiger partial charge in [-0.1, -0.05) is 30.3 Å². The van der Waals surface area contributed by atoms with Gasteiger partial charge in [-0.3, -0.25) is 0 Å². The summed E-state index contributed by atoms with van der Waals surface area (Å²) in [5.41, 5.74) is 12.1. The van der Waals surface area contributed by atoms with Gasteiger partial charge in [0, 0.05) is 5.69 Å². The number of carbonyl (C=O) groups excluding carboxylic acids is 1. The normalized spacial score (nSPS) is 16.9. The monoisotopic (exact) mass is 249 g/mol. The van der Waals surface area contributed by atoms with Gasteiger partial charge in [-0.05, 0) is 24.3 Å². The second-order valence-electron chi connectivity index (χ2n) is 4.29. The van der Waals surface area contributed by atoms with Crippen LogP contribution < -0.4 is 4.90 Å². The maximum Gasteiger partial charge on any atom is 0.331 e. The van der Waals surface area contributed by atoms with E-state index in [4.69, 9.17) is 0 Å². The lowest BCUT2D eigenvalue weighted by atomic mass is 10.1. The van der Waals surface area contributed by atoms with Crippen LogP contribution in [0.1, 0.15) is 5.56 Å². The molecule has 1 unspecified atom stereocenters. The van der Waals surface area contributed by atoms with Gasteiger partial charge in [0.1, 0.15) is 0 Å². The first-order valence-corrected chi connectivity index (χ1v) is 5.97. The molecule has 0 spiro atoms. The number of para-hydroxylation sites is 2. The number of hydrogen-bond acceptors (Lipinski definition) is 2. The quantitative estimate of drug-likeness (QED) is 0.466. The van der Waals surface area contributed by atoms with Crippen molar-refractivity contribution in [3.05, 3.63) is 65.7 Å². The van der Waals surface area contributed by atoms with Crippen molar-refractivity contribution in [3.63, 3.8) is 0 Å². The minimum atomic E-state index is -0.593. The third-order valence-corrected chi connectivity index (χ3v) is 3.27. The molecule has 0 radical (unpaired) electrons. The number of aldehydes is 1. The Morgan fingerprint density at radius 2 is 1.74 bits per heavy atom. The Hall–Kier alpha value is -2.71. The first kappa shape index (κ1) is 11.4. The summed E-state index contributed by atoms with van der Waals surface area (Å²) in [4.78, 5) is 16.6. The summed E-state index contributed by atoms with van der Waals surface area (Å²) in [7, 11) is 0. The van der Waals surface area contributed by atoms with Crippen molar-refractivity contribution < 1.29 is 9.58 Å². The third kappa shape index (κ3) is 1.66. The average molecular weight is 249 g/mol. The Morgan fingerprint density at radius 1 is 1.05 bits per heavy atom. The van der Waals surface area contributed by atoms with Gasteiger partial charge in [0.15, 0.2) is 12.3 Å². The van der Waals surface area contributed by atoms with Crippen molar-refractivity contribution in [2.24, 2.45) is 0 Å². The summed E-state index contributed by atoms with van der Waals surface area (Å²) < 4.78 is 0. The van der Waals surface area contributed by atoms with Crippen molar-refractivity contribution in [1.82, 2.24) is 0 Å². The van der Waals surface area contributed by atoms with Crippen molar-refractivity contribution in [3.8, 4) is 0 Å². The smallest absolute Gasteiger partial charge is 0.331 e. The number of rotatable bonds is 2. The van der Waals surface area contributed by atoms with Gasteiger partial charge in [-0.2, -0.15) is 4.79 Å². The molecule has 0 amide bonds. The van der Waals surface area contributed by atoms with E-state index in [9.17, 15) is 10.3 Å². The van der Waals surface area contributed by atoms with E-state index in [1.54, 1.807) is 0 Å². The van der Waals surface area contributed by atoms with Gasteiger partial charge in [-0.25, -0.2) is 0 Å². The molecule has 4 heteroatoms. The van der Waals surface area contributed by atoms with Crippen molar-refractivity contribution in [2.75, 3.05) is 4.90 Å². The zero-order chi connectivity index (χ0) is 13.2. The van der Waals surface area contributed by atoms with Crippen LogP contribution in [0.4, 0.5) is 11.4 Å². The number of hydrogen-bond donors (Lipinski definition) is 0. The Balaban J connectivity index is 2.24. The fourth-order valence-corrected chi connectivity index (χ4v) is 2.46. The predicted molar refractivity (Wildman–Crippen MR) is 72.6 cm³/mol. The van der Waals surface area contributed by atoms with Crippen LogP contribution in [-0.2, 0) is 4.79 Å². The SMILES string of the molecule is [N-]=[N+]=C1c2ccccc2N(c2ccccc2)C1C=O. The second-order valence-corrected chi connectivity index (χ2v) is 4.29. The van der Waals surface area contributed by atoms with Gasteiger partial charge in [0.25, 0.3) is 0 Å². The topological polar surface area (TPSA) is 56.7 Å². The highest BCUT2D eigenvalue weighted by Crippen LogP contribution is 2.37. The van der Waals surface area contributed by atoms with E-state index in [2.05, 4.69) is 4.79 Å². The molecule has 0 bridgehead atoms. The zero-order valence-electron chi connectivity index (χ0n) is 10.1. The van der Waals surface area contributed by atoms with Crippen LogP contribution in [0.3, 0.4) is 0 Å². The molecule has 2 aromatic rings. The molecule has 0 saturated carbocycles. The van der Waals surface area contributed by atoms with Crippen LogP contribution in [0, 0.1) is 0 Å². The molecule has 19 heavy (non-hydrogen) atoms. The molecule has 1 aliphatic heterocycles.